The number of carbonyl (C=O) groups is 1. The van der Waals surface area contributed by atoms with Gasteiger partial charge in [0, 0.05) is 24.7 Å². The van der Waals surface area contributed by atoms with Gasteiger partial charge in [-0.05, 0) is 52.3 Å². The van der Waals surface area contributed by atoms with Crippen molar-refractivity contribution in [3.05, 3.63) is 33.4 Å². The van der Waals surface area contributed by atoms with Gasteiger partial charge in [-0.25, -0.2) is 13.2 Å². The summed E-state index contributed by atoms with van der Waals surface area (Å²) in [6.07, 6.45) is 1.41. The summed E-state index contributed by atoms with van der Waals surface area (Å²) in [6.45, 7) is 4.59. The van der Waals surface area contributed by atoms with Crippen molar-refractivity contribution in [1.82, 2.24) is 9.62 Å². The Kier molecular flexibility index (Phi) is 8.80. The number of carbonyl (C=O) groups excluding carboxylic acids is 1. The van der Waals surface area contributed by atoms with Gasteiger partial charge in [0.05, 0.1) is 22.0 Å². The molecule has 1 aliphatic rings. The van der Waals surface area contributed by atoms with E-state index >= 15 is 0 Å². The Balaban J connectivity index is 0.00000392. The van der Waals surface area contributed by atoms with Gasteiger partial charge in [-0.2, -0.15) is 4.31 Å². The second-order valence-electron chi connectivity index (χ2n) is 6.50. The van der Waals surface area contributed by atoms with E-state index < -0.39 is 26.6 Å². The Morgan fingerprint density at radius 2 is 1.96 bits per heavy atom. The van der Waals surface area contributed by atoms with Crippen LogP contribution in [-0.2, 0) is 14.8 Å². The quantitative estimate of drug-likeness (QED) is 0.395. The molecule has 0 bridgehead atoms. The van der Waals surface area contributed by atoms with Crippen molar-refractivity contribution in [1.29, 1.82) is 0 Å². The molecule has 0 atom stereocenters. The average Bonchev–Trinajstić information content (AvgIpc) is 2.62. The minimum absolute atomic E-state index is 0. The lowest BCUT2D eigenvalue weighted by Gasteiger charge is -2.31. The predicted molar refractivity (Wildman–Crippen MR) is 106 cm³/mol. The molecule has 1 fully saturated rings. The van der Waals surface area contributed by atoms with Crippen LogP contribution < -0.4 is 5.32 Å². The summed E-state index contributed by atoms with van der Waals surface area (Å²) in [7, 11) is -2.09. The van der Waals surface area contributed by atoms with E-state index in [1.807, 2.05) is 7.05 Å². The molecule has 1 aromatic carbocycles. The van der Waals surface area contributed by atoms with E-state index in [1.165, 1.54) is 17.3 Å². The first-order valence-corrected chi connectivity index (χ1v) is 10.3. The number of nitro groups is 1. The van der Waals surface area contributed by atoms with E-state index in [0.717, 1.165) is 12.6 Å². The minimum Gasteiger partial charge on any atom is -0.462 e. The molecule has 9 nitrogen and oxygen atoms in total. The average molecular weight is 436 g/mol. The summed E-state index contributed by atoms with van der Waals surface area (Å²) < 4.78 is 32.3. The number of rotatable bonds is 7. The molecular weight excluding hydrogens is 410 g/mol. The number of esters is 1. The van der Waals surface area contributed by atoms with E-state index in [0.29, 0.717) is 31.8 Å². The van der Waals surface area contributed by atoms with E-state index in [1.54, 1.807) is 6.92 Å². The Labute approximate surface area is 171 Å². The number of nitrogens with one attached hydrogen (secondary N) is 1. The van der Waals surface area contributed by atoms with Gasteiger partial charge in [-0.3, -0.25) is 10.1 Å². The number of piperidine rings is 1. The molecule has 0 saturated carbocycles. The van der Waals surface area contributed by atoms with Gasteiger partial charge in [-0.1, -0.05) is 0 Å². The molecule has 1 aliphatic heterocycles. The molecule has 2 rings (SSSR count). The van der Waals surface area contributed by atoms with E-state index in [4.69, 9.17) is 4.74 Å². The minimum atomic E-state index is -3.94. The molecule has 28 heavy (non-hydrogen) atoms. The molecule has 0 spiro atoms. The van der Waals surface area contributed by atoms with Crippen LogP contribution in [0.25, 0.3) is 0 Å². The lowest BCUT2D eigenvalue weighted by molar-refractivity contribution is -0.385. The molecule has 0 radical (unpaired) electrons. The number of benzene rings is 1. The SMILES string of the molecule is CCOC(=O)c1cc(S(=O)(=O)N2CCC(CNC)CC2)cc([N+](=O)[O-])c1C.Cl. The summed E-state index contributed by atoms with van der Waals surface area (Å²) in [5.41, 5.74) is -0.427. The van der Waals surface area contributed by atoms with Crippen molar-refractivity contribution < 1.29 is 22.9 Å². The number of nitrogens with zero attached hydrogens (tertiary/aromatic N) is 2. The van der Waals surface area contributed by atoms with Gasteiger partial charge in [0.2, 0.25) is 10.0 Å². The predicted octanol–water partition coefficient (Wildman–Crippen LogP) is 2.12. The third-order valence-electron chi connectivity index (χ3n) is 4.75. The topological polar surface area (TPSA) is 119 Å². The maximum absolute atomic E-state index is 13.0. The van der Waals surface area contributed by atoms with E-state index in [-0.39, 0.29) is 35.0 Å². The molecule has 11 heteroatoms. The maximum Gasteiger partial charge on any atom is 0.338 e. The summed E-state index contributed by atoms with van der Waals surface area (Å²) in [6, 6.07) is 2.20. The number of halogens is 1. The van der Waals surface area contributed by atoms with Crippen LogP contribution in [0.1, 0.15) is 35.7 Å². The molecule has 0 aromatic heterocycles. The zero-order chi connectivity index (χ0) is 20.2. The van der Waals surface area contributed by atoms with Crippen LogP contribution in [0.15, 0.2) is 17.0 Å². The van der Waals surface area contributed by atoms with Gasteiger partial charge in [0.25, 0.3) is 5.69 Å². The largest absolute Gasteiger partial charge is 0.462 e. The summed E-state index contributed by atoms with van der Waals surface area (Å²) in [5, 5.41) is 14.4. The first kappa shape index (κ1) is 24.3. The Morgan fingerprint density at radius 3 is 2.46 bits per heavy atom. The number of nitro benzene ring substituents is 1. The van der Waals surface area contributed by atoms with Crippen LogP contribution in [0.4, 0.5) is 5.69 Å². The van der Waals surface area contributed by atoms with E-state index in [9.17, 15) is 23.3 Å². The molecule has 0 unspecified atom stereocenters. The Hall–Kier alpha value is -1.75. The molecule has 0 amide bonds. The monoisotopic (exact) mass is 435 g/mol. The van der Waals surface area contributed by atoms with Crippen molar-refractivity contribution in [2.24, 2.45) is 5.92 Å². The van der Waals surface area contributed by atoms with Gasteiger partial charge in [-0.15, -0.1) is 12.4 Å². The second-order valence-corrected chi connectivity index (χ2v) is 8.44. The highest BCUT2D eigenvalue weighted by Gasteiger charge is 2.32. The lowest BCUT2D eigenvalue weighted by atomic mass is 9.98. The van der Waals surface area contributed by atoms with Crippen LogP contribution >= 0.6 is 12.4 Å². The lowest BCUT2D eigenvalue weighted by Crippen LogP contribution is -2.40. The van der Waals surface area contributed by atoms with Crippen LogP contribution in [0.3, 0.4) is 0 Å². The summed E-state index contributed by atoms with van der Waals surface area (Å²) in [4.78, 5) is 22.6. The van der Waals surface area contributed by atoms with Crippen molar-refractivity contribution in [2.75, 3.05) is 33.3 Å². The van der Waals surface area contributed by atoms with Crippen LogP contribution in [0.2, 0.25) is 0 Å². The van der Waals surface area contributed by atoms with Crippen LogP contribution in [-0.4, -0.2) is 56.9 Å². The number of hydrogen-bond donors (Lipinski definition) is 1. The third kappa shape index (κ3) is 5.19. The zero-order valence-electron chi connectivity index (χ0n) is 16.1. The highest BCUT2D eigenvalue weighted by molar-refractivity contribution is 7.89. The van der Waals surface area contributed by atoms with Gasteiger partial charge in [0.15, 0.2) is 0 Å². The van der Waals surface area contributed by atoms with Crippen molar-refractivity contribution in [3.8, 4) is 0 Å². The zero-order valence-corrected chi connectivity index (χ0v) is 17.8. The van der Waals surface area contributed by atoms with Crippen molar-refractivity contribution in [3.63, 3.8) is 0 Å². The molecular formula is C17H26ClN3O6S. The first-order valence-electron chi connectivity index (χ1n) is 8.83. The molecule has 1 aromatic rings. The normalized spacial score (nSPS) is 15.7. The summed E-state index contributed by atoms with van der Waals surface area (Å²) >= 11 is 0. The van der Waals surface area contributed by atoms with E-state index in [2.05, 4.69) is 5.32 Å². The smallest absolute Gasteiger partial charge is 0.338 e. The summed E-state index contributed by atoms with van der Waals surface area (Å²) in [5.74, 6) is -0.383. The maximum atomic E-state index is 13.0. The standard InChI is InChI=1S/C17H25N3O6S.ClH/c1-4-26-17(21)15-9-14(10-16(12(15)2)20(22)23)27(24,25)19-7-5-13(6-8-19)11-18-3;/h9-10,13,18H,4-8,11H2,1-3H3;1H. The van der Waals surface area contributed by atoms with Gasteiger partial charge < -0.3 is 10.1 Å². The first-order chi connectivity index (χ1) is 12.7. The molecule has 158 valence electrons. The molecule has 1 heterocycles. The molecule has 1 N–H and O–H groups in total. The fourth-order valence-electron chi connectivity index (χ4n) is 3.22. The van der Waals surface area contributed by atoms with Crippen LogP contribution in [0, 0.1) is 23.0 Å². The van der Waals surface area contributed by atoms with Crippen LogP contribution in [0.5, 0.6) is 0 Å². The highest BCUT2D eigenvalue weighted by atomic mass is 35.5. The fraction of sp³-hybridized carbons (Fsp3) is 0.588. The van der Waals surface area contributed by atoms with Gasteiger partial charge in [0.1, 0.15) is 0 Å². The molecule has 0 aliphatic carbocycles. The van der Waals surface area contributed by atoms with Crippen molar-refractivity contribution in [2.45, 2.75) is 31.6 Å². The van der Waals surface area contributed by atoms with Crippen molar-refractivity contribution >= 4 is 34.1 Å². The highest BCUT2D eigenvalue weighted by Crippen LogP contribution is 2.30. The second kappa shape index (κ2) is 10.1. The number of sulfonamides is 1. The molecule has 1 saturated heterocycles. The fourth-order valence-corrected chi connectivity index (χ4v) is 4.74. The number of hydrogen-bond acceptors (Lipinski definition) is 7. The number of ether oxygens (including phenoxy) is 1. The Morgan fingerprint density at radius 1 is 1.36 bits per heavy atom. The van der Waals surface area contributed by atoms with Gasteiger partial charge >= 0.3 is 5.97 Å². The Bertz CT molecular complexity index is 822. The third-order valence-corrected chi connectivity index (χ3v) is 6.63.